The zero-order chi connectivity index (χ0) is 14.8. The lowest BCUT2D eigenvalue weighted by Crippen LogP contribution is -2.27. The molecule has 0 radical (unpaired) electrons. The normalized spacial score (nSPS) is 12.3. The summed E-state index contributed by atoms with van der Waals surface area (Å²) in [6.07, 6.45) is 0. The van der Waals surface area contributed by atoms with Crippen molar-refractivity contribution in [2.24, 2.45) is 5.73 Å². The zero-order valence-corrected chi connectivity index (χ0v) is 12.4. The molecule has 3 N–H and O–H groups in total. The van der Waals surface area contributed by atoms with E-state index in [1.165, 1.54) is 16.9 Å². The quantitative estimate of drug-likeness (QED) is 0.780. The van der Waals surface area contributed by atoms with E-state index in [0.29, 0.717) is 5.13 Å². The van der Waals surface area contributed by atoms with E-state index < -0.39 is 6.04 Å². The van der Waals surface area contributed by atoms with Gasteiger partial charge in [0.05, 0.1) is 10.2 Å². The van der Waals surface area contributed by atoms with Gasteiger partial charge in [0.2, 0.25) is 5.91 Å². The van der Waals surface area contributed by atoms with Gasteiger partial charge < -0.3 is 11.1 Å². The standard InChI is InChI=1S/C16H15N3OS/c1-10-7-8-12-13(9-10)21-16(18-12)19-15(20)14(17)11-5-3-2-4-6-11/h2-9,14H,17H2,1H3,(H,18,19,20)/t14-/m1/s1. The number of rotatable bonds is 3. The molecule has 5 heteroatoms. The highest BCUT2D eigenvalue weighted by molar-refractivity contribution is 7.22. The number of carbonyl (C=O) groups excluding carboxylic acids is 1. The Morgan fingerprint density at radius 3 is 2.76 bits per heavy atom. The van der Waals surface area contributed by atoms with Crippen LogP contribution in [0.2, 0.25) is 0 Å². The fourth-order valence-electron chi connectivity index (χ4n) is 2.08. The second kappa shape index (κ2) is 5.63. The maximum atomic E-state index is 12.2. The Hall–Kier alpha value is -2.24. The molecular formula is C16H15N3OS. The van der Waals surface area contributed by atoms with Crippen molar-refractivity contribution in [2.75, 3.05) is 5.32 Å². The number of anilines is 1. The first-order valence-corrected chi connectivity index (χ1v) is 7.44. The maximum Gasteiger partial charge on any atom is 0.247 e. The number of benzene rings is 2. The van der Waals surface area contributed by atoms with E-state index in [-0.39, 0.29) is 5.91 Å². The van der Waals surface area contributed by atoms with Crippen LogP contribution in [-0.4, -0.2) is 10.9 Å². The smallest absolute Gasteiger partial charge is 0.247 e. The van der Waals surface area contributed by atoms with Crippen molar-refractivity contribution >= 4 is 32.6 Å². The molecule has 3 aromatic rings. The fraction of sp³-hybridized carbons (Fsp3) is 0.125. The Labute approximate surface area is 126 Å². The number of carbonyl (C=O) groups is 1. The molecule has 0 aliphatic heterocycles. The molecule has 1 atom stereocenters. The van der Waals surface area contributed by atoms with Crippen LogP contribution < -0.4 is 11.1 Å². The van der Waals surface area contributed by atoms with Crippen LogP contribution in [0.4, 0.5) is 5.13 Å². The van der Waals surface area contributed by atoms with Crippen LogP contribution in [0.3, 0.4) is 0 Å². The van der Waals surface area contributed by atoms with Gasteiger partial charge in [0.15, 0.2) is 5.13 Å². The molecule has 1 aromatic heterocycles. The molecule has 0 bridgehead atoms. The lowest BCUT2D eigenvalue weighted by atomic mass is 10.1. The van der Waals surface area contributed by atoms with Crippen molar-refractivity contribution in [1.29, 1.82) is 0 Å². The number of nitrogens with two attached hydrogens (primary N) is 1. The molecule has 2 aromatic carbocycles. The number of amides is 1. The van der Waals surface area contributed by atoms with Crippen LogP contribution in [0.15, 0.2) is 48.5 Å². The topological polar surface area (TPSA) is 68.0 Å². The molecule has 106 valence electrons. The van der Waals surface area contributed by atoms with Crippen LogP contribution in [0.5, 0.6) is 0 Å². The average molecular weight is 297 g/mol. The van der Waals surface area contributed by atoms with Gasteiger partial charge in [-0.15, -0.1) is 0 Å². The fourth-order valence-corrected chi connectivity index (χ4v) is 3.05. The Morgan fingerprint density at radius 1 is 1.24 bits per heavy atom. The highest BCUT2D eigenvalue weighted by Gasteiger charge is 2.17. The van der Waals surface area contributed by atoms with Gasteiger partial charge in [-0.2, -0.15) is 0 Å². The number of nitrogens with zero attached hydrogens (tertiary/aromatic N) is 1. The number of hydrogen-bond donors (Lipinski definition) is 2. The first kappa shape index (κ1) is 13.7. The number of aromatic nitrogens is 1. The van der Waals surface area contributed by atoms with E-state index in [9.17, 15) is 4.79 Å². The molecule has 1 amide bonds. The predicted molar refractivity (Wildman–Crippen MR) is 86.4 cm³/mol. The molecule has 0 unspecified atom stereocenters. The third-order valence-corrected chi connectivity index (χ3v) is 4.15. The summed E-state index contributed by atoms with van der Waals surface area (Å²) >= 11 is 1.45. The minimum absolute atomic E-state index is 0.253. The van der Waals surface area contributed by atoms with E-state index in [0.717, 1.165) is 15.8 Å². The van der Waals surface area contributed by atoms with Gasteiger partial charge in [0.1, 0.15) is 6.04 Å². The van der Waals surface area contributed by atoms with Gasteiger partial charge in [-0.1, -0.05) is 47.7 Å². The number of fused-ring (bicyclic) bond motifs is 1. The summed E-state index contributed by atoms with van der Waals surface area (Å²) in [5.74, 6) is -0.253. The molecule has 0 fully saturated rings. The summed E-state index contributed by atoms with van der Waals surface area (Å²) in [6.45, 7) is 2.03. The minimum Gasteiger partial charge on any atom is -0.316 e. The molecule has 0 spiro atoms. The van der Waals surface area contributed by atoms with Gasteiger partial charge >= 0.3 is 0 Å². The lowest BCUT2D eigenvalue weighted by molar-refractivity contribution is -0.117. The van der Waals surface area contributed by atoms with Gasteiger partial charge in [-0.25, -0.2) is 4.98 Å². The van der Waals surface area contributed by atoms with Crippen molar-refractivity contribution < 1.29 is 4.79 Å². The first-order chi connectivity index (χ1) is 10.1. The number of thiazole rings is 1. The van der Waals surface area contributed by atoms with Crippen molar-refractivity contribution in [3.8, 4) is 0 Å². The van der Waals surface area contributed by atoms with E-state index in [1.807, 2.05) is 49.4 Å². The minimum atomic E-state index is -0.694. The Kier molecular flexibility index (Phi) is 3.68. The number of nitrogens with one attached hydrogen (secondary N) is 1. The Balaban J connectivity index is 1.80. The highest BCUT2D eigenvalue weighted by Crippen LogP contribution is 2.27. The third kappa shape index (κ3) is 2.94. The van der Waals surface area contributed by atoms with Crippen LogP contribution >= 0.6 is 11.3 Å². The van der Waals surface area contributed by atoms with Gasteiger partial charge in [-0.3, -0.25) is 4.79 Å². The molecule has 1 heterocycles. The number of hydrogen-bond acceptors (Lipinski definition) is 4. The largest absolute Gasteiger partial charge is 0.316 e. The van der Waals surface area contributed by atoms with E-state index >= 15 is 0 Å². The zero-order valence-electron chi connectivity index (χ0n) is 11.5. The van der Waals surface area contributed by atoms with E-state index in [1.54, 1.807) is 0 Å². The van der Waals surface area contributed by atoms with Gasteiger partial charge in [-0.05, 0) is 30.2 Å². The maximum absolute atomic E-state index is 12.2. The summed E-state index contributed by atoms with van der Waals surface area (Å²) in [7, 11) is 0. The molecule has 0 aliphatic rings. The molecule has 0 saturated heterocycles. The van der Waals surface area contributed by atoms with Gasteiger partial charge in [0.25, 0.3) is 0 Å². The summed E-state index contributed by atoms with van der Waals surface area (Å²) in [6, 6.07) is 14.6. The third-order valence-electron chi connectivity index (χ3n) is 3.22. The molecule has 21 heavy (non-hydrogen) atoms. The van der Waals surface area contributed by atoms with Crippen LogP contribution in [0.1, 0.15) is 17.2 Å². The van der Waals surface area contributed by atoms with E-state index in [2.05, 4.69) is 16.4 Å². The monoisotopic (exact) mass is 297 g/mol. The summed E-state index contributed by atoms with van der Waals surface area (Å²) in [5.41, 5.74) is 8.81. The summed E-state index contributed by atoms with van der Waals surface area (Å²) in [4.78, 5) is 16.6. The SMILES string of the molecule is Cc1ccc2nc(NC(=O)[C@H](N)c3ccccc3)sc2c1. The van der Waals surface area contributed by atoms with Crippen molar-refractivity contribution in [1.82, 2.24) is 4.98 Å². The lowest BCUT2D eigenvalue weighted by Gasteiger charge is -2.10. The highest BCUT2D eigenvalue weighted by atomic mass is 32.1. The van der Waals surface area contributed by atoms with Gasteiger partial charge in [0, 0.05) is 0 Å². The summed E-state index contributed by atoms with van der Waals surface area (Å²) < 4.78 is 1.05. The second-order valence-corrected chi connectivity index (χ2v) is 5.90. The molecule has 4 nitrogen and oxygen atoms in total. The van der Waals surface area contributed by atoms with Crippen LogP contribution in [0.25, 0.3) is 10.2 Å². The summed E-state index contributed by atoms with van der Waals surface area (Å²) in [5, 5.41) is 3.37. The second-order valence-electron chi connectivity index (χ2n) is 4.87. The first-order valence-electron chi connectivity index (χ1n) is 6.62. The van der Waals surface area contributed by atoms with E-state index in [4.69, 9.17) is 5.73 Å². The Morgan fingerprint density at radius 2 is 2.00 bits per heavy atom. The average Bonchev–Trinajstić information content (AvgIpc) is 2.88. The molecule has 3 rings (SSSR count). The van der Waals surface area contributed by atoms with Crippen LogP contribution in [0, 0.1) is 6.92 Å². The molecule has 0 aliphatic carbocycles. The van der Waals surface area contributed by atoms with Crippen molar-refractivity contribution in [3.63, 3.8) is 0 Å². The number of aryl methyl sites for hydroxylation is 1. The molecule has 0 saturated carbocycles. The molecular weight excluding hydrogens is 282 g/mol. The Bertz CT molecular complexity index is 783. The van der Waals surface area contributed by atoms with Crippen molar-refractivity contribution in [3.05, 3.63) is 59.7 Å². The van der Waals surface area contributed by atoms with Crippen LogP contribution in [-0.2, 0) is 4.79 Å². The van der Waals surface area contributed by atoms with Crippen molar-refractivity contribution in [2.45, 2.75) is 13.0 Å². The predicted octanol–water partition coefficient (Wildman–Crippen LogP) is 3.24.